The molecule has 0 heterocycles. The molecule has 0 bridgehead atoms. The molecule has 0 saturated carbocycles. The average molecular weight is 244 g/mol. The molecule has 2 aromatic carbocycles. The Morgan fingerprint density at radius 1 is 0.706 bits per heavy atom. The first-order valence-corrected chi connectivity index (χ1v) is 4.59. The lowest BCUT2D eigenvalue weighted by atomic mass is 10.0. The fraction of sp³-hybridized carbons (Fsp3) is 0. The maximum atomic E-state index is 13.4. The first-order valence-electron chi connectivity index (χ1n) is 4.59. The average Bonchev–Trinajstić information content (AvgIpc) is 2.31. The molecule has 2 rings (SSSR count). The van der Waals surface area contributed by atoms with Crippen LogP contribution < -0.4 is 0 Å². The van der Waals surface area contributed by atoms with Gasteiger partial charge in [-0.05, 0) is 23.8 Å². The lowest BCUT2D eigenvalue weighted by molar-refractivity contribution is 0.411. The molecule has 0 aliphatic heterocycles. The highest BCUT2D eigenvalue weighted by molar-refractivity contribution is 5.64. The molecule has 0 fully saturated rings. The van der Waals surface area contributed by atoms with Crippen LogP contribution in [0.1, 0.15) is 0 Å². The van der Waals surface area contributed by atoms with Crippen molar-refractivity contribution in [2.24, 2.45) is 0 Å². The van der Waals surface area contributed by atoms with Crippen molar-refractivity contribution in [1.29, 1.82) is 0 Å². The first kappa shape index (κ1) is 11.6. The molecule has 0 amide bonds. The van der Waals surface area contributed by atoms with E-state index >= 15 is 0 Å². The van der Waals surface area contributed by atoms with Gasteiger partial charge in [0.2, 0.25) is 0 Å². The van der Waals surface area contributed by atoms with E-state index in [9.17, 15) is 22.0 Å². The molecule has 0 N–H and O–H groups in total. The van der Waals surface area contributed by atoms with Gasteiger partial charge in [-0.15, -0.1) is 0 Å². The molecular weight excluding hydrogens is 239 g/mol. The van der Waals surface area contributed by atoms with E-state index in [4.69, 9.17) is 0 Å². The van der Waals surface area contributed by atoms with E-state index in [1.807, 2.05) is 0 Å². The molecule has 0 spiro atoms. The Morgan fingerprint density at radius 2 is 1.41 bits per heavy atom. The highest BCUT2D eigenvalue weighted by Crippen LogP contribution is 2.28. The normalized spacial score (nSPS) is 10.6. The Morgan fingerprint density at radius 3 is 2.06 bits per heavy atom. The van der Waals surface area contributed by atoms with E-state index in [1.165, 1.54) is 12.1 Å². The Hall–Kier alpha value is -1.91. The Labute approximate surface area is 93.3 Å². The minimum absolute atomic E-state index is 0.0692. The van der Waals surface area contributed by atoms with Crippen molar-refractivity contribution in [2.45, 2.75) is 0 Å². The van der Waals surface area contributed by atoms with Crippen LogP contribution in [0.4, 0.5) is 22.0 Å². The minimum Gasteiger partial charge on any atom is -0.207 e. The van der Waals surface area contributed by atoms with Crippen LogP contribution in [0.25, 0.3) is 11.1 Å². The highest BCUT2D eigenvalue weighted by Gasteiger charge is 2.19. The zero-order valence-corrected chi connectivity index (χ0v) is 8.28. The zero-order valence-electron chi connectivity index (χ0n) is 8.28. The van der Waals surface area contributed by atoms with Crippen LogP contribution >= 0.6 is 0 Å². The molecule has 0 nitrogen and oxygen atoms in total. The summed E-state index contributed by atoms with van der Waals surface area (Å²) in [4.78, 5) is 0. The van der Waals surface area contributed by atoms with Gasteiger partial charge in [-0.1, -0.05) is 12.1 Å². The maximum absolute atomic E-state index is 13.4. The molecule has 0 atom stereocenters. The predicted molar refractivity (Wildman–Crippen MR) is 51.7 cm³/mol. The van der Waals surface area contributed by atoms with E-state index in [0.717, 1.165) is 12.1 Å². The fourth-order valence-electron chi connectivity index (χ4n) is 1.44. The molecule has 17 heavy (non-hydrogen) atoms. The summed E-state index contributed by atoms with van der Waals surface area (Å²) in [7, 11) is 0. The van der Waals surface area contributed by atoms with Crippen molar-refractivity contribution in [3.63, 3.8) is 0 Å². The van der Waals surface area contributed by atoms with Crippen LogP contribution in [0.2, 0.25) is 0 Å². The second-order valence-electron chi connectivity index (χ2n) is 3.36. The quantitative estimate of drug-likeness (QED) is 0.403. The second kappa shape index (κ2) is 4.16. The molecule has 5 heteroatoms. The summed E-state index contributed by atoms with van der Waals surface area (Å²) in [6, 6.07) is 5.00. The third kappa shape index (κ3) is 2.00. The van der Waals surface area contributed by atoms with Gasteiger partial charge < -0.3 is 0 Å². The van der Waals surface area contributed by atoms with E-state index in [0.29, 0.717) is 6.07 Å². The first-order chi connectivity index (χ1) is 8.00. The maximum Gasteiger partial charge on any atom is 0.198 e. The van der Waals surface area contributed by atoms with Crippen molar-refractivity contribution in [3.8, 4) is 11.1 Å². The van der Waals surface area contributed by atoms with Crippen LogP contribution in [0.5, 0.6) is 0 Å². The van der Waals surface area contributed by atoms with E-state index in [1.54, 1.807) is 0 Å². The van der Waals surface area contributed by atoms with Gasteiger partial charge in [-0.2, -0.15) is 0 Å². The van der Waals surface area contributed by atoms with Crippen molar-refractivity contribution in [3.05, 3.63) is 59.4 Å². The largest absolute Gasteiger partial charge is 0.207 e. The van der Waals surface area contributed by atoms with Gasteiger partial charge in [0.05, 0.1) is 0 Å². The molecule has 0 aromatic heterocycles. The monoisotopic (exact) mass is 244 g/mol. The van der Waals surface area contributed by atoms with Crippen molar-refractivity contribution < 1.29 is 22.0 Å². The van der Waals surface area contributed by atoms with Gasteiger partial charge in [0, 0.05) is 5.56 Å². The van der Waals surface area contributed by atoms with Gasteiger partial charge in [-0.25, -0.2) is 22.0 Å². The zero-order chi connectivity index (χ0) is 12.6. The summed E-state index contributed by atoms with van der Waals surface area (Å²) < 4.78 is 64.8. The minimum atomic E-state index is -1.91. The van der Waals surface area contributed by atoms with Crippen LogP contribution in [0.15, 0.2) is 30.3 Å². The van der Waals surface area contributed by atoms with E-state index < -0.39 is 34.6 Å². The third-order valence-corrected chi connectivity index (χ3v) is 2.24. The third-order valence-electron chi connectivity index (χ3n) is 2.24. The fourth-order valence-corrected chi connectivity index (χ4v) is 1.44. The predicted octanol–water partition coefficient (Wildman–Crippen LogP) is 4.05. The molecule has 0 saturated heterocycles. The molecule has 0 unspecified atom stereocenters. The number of benzene rings is 2. The van der Waals surface area contributed by atoms with E-state index in [2.05, 4.69) is 0 Å². The highest BCUT2D eigenvalue weighted by atomic mass is 19.2. The summed E-state index contributed by atoms with van der Waals surface area (Å²) in [6.45, 7) is 0. The SMILES string of the molecule is Fc1cccc(-c2cc(F)c(F)c(F)c2F)c1. The van der Waals surface area contributed by atoms with Crippen LogP contribution in [0.3, 0.4) is 0 Å². The summed E-state index contributed by atoms with van der Waals surface area (Å²) in [5.41, 5.74) is -0.596. The molecule has 88 valence electrons. The number of hydrogen-bond donors (Lipinski definition) is 0. The molecule has 0 aliphatic carbocycles. The standard InChI is InChI=1S/C12H5F5/c13-7-3-1-2-6(4-7)8-5-9(14)11(16)12(17)10(8)15/h1-5H. The Bertz CT molecular complexity index is 577. The van der Waals surface area contributed by atoms with Gasteiger partial charge >= 0.3 is 0 Å². The summed E-state index contributed by atoms with van der Waals surface area (Å²) >= 11 is 0. The summed E-state index contributed by atoms with van der Waals surface area (Å²) in [5.74, 6) is -7.56. The van der Waals surface area contributed by atoms with Crippen molar-refractivity contribution >= 4 is 0 Å². The lowest BCUT2D eigenvalue weighted by Crippen LogP contribution is -1.98. The molecule has 0 aliphatic rings. The molecular formula is C12H5F5. The lowest BCUT2D eigenvalue weighted by Gasteiger charge is -2.06. The molecule has 2 aromatic rings. The van der Waals surface area contributed by atoms with Crippen molar-refractivity contribution in [2.75, 3.05) is 0 Å². The van der Waals surface area contributed by atoms with E-state index in [-0.39, 0.29) is 5.56 Å². The second-order valence-corrected chi connectivity index (χ2v) is 3.36. The van der Waals surface area contributed by atoms with Gasteiger partial charge in [0.1, 0.15) is 5.82 Å². The summed E-state index contributed by atoms with van der Waals surface area (Å²) in [6.07, 6.45) is 0. The topological polar surface area (TPSA) is 0 Å². The van der Waals surface area contributed by atoms with Crippen LogP contribution in [0, 0.1) is 29.1 Å². The Balaban J connectivity index is 2.68. The number of hydrogen-bond acceptors (Lipinski definition) is 0. The number of halogens is 5. The number of rotatable bonds is 1. The summed E-state index contributed by atoms with van der Waals surface area (Å²) in [5, 5.41) is 0. The van der Waals surface area contributed by atoms with Crippen molar-refractivity contribution in [1.82, 2.24) is 0 Å². The van der Waals surface area contributed by atoms with Crippen LogP contribution in [-0.4, -0.2) is 0 Å². The van der Waals surface area contributed by atoms with Gasteiger partial charge in [-0.3, -0.25) is 0 Å². The Kier molecular flexibility index (Phi) is 2.83. The smallest absolute Gasteiger partial charge is 0.198 e. The van der Waals surface area contributed by atoms with Gasteiger partial charge in [0.25, 0.3) is 0 Å². The van der Waals surface area contributed by atoms with Gasteiger partial charge in [0.15, 0.2) is 23.3 Å². The molecule has 0 radical (unpaired) electrons. The van der Waals surface area contributed by atoms with Crippen LogP contribution in [-0.2, 0) is 0 Å².